The molecule has 7 heteroatoms. The Balaban J connectivity index is 2.45. The van der Waals surface area contributed by atoms with Gasteiger partial charge in [-0.15, -0.1) is 16.9 Å². The Bertz CT molecular complexity index is 278. The summed E-state index contributed by atoms with van der Waals surface area (Å²) in [5, 5.41) is 14.2. The fourth-order valence-electron chi connectivity index (χ4n) is 0.762. The highest BCUT2D eigenvalue weighted by Crippen LogP contribution is 2.24. The Labute approximate surface area is 91.2 Å². The molecule has 1 aromatic rings. The van der Waals surface area contributed by atoms with Crippen LogP contribution in [-0.2, 0) is 5.75 Å². The lowest BCUT2D eigenvalue weighted by molar-refractivity contribution is 0.196. The summed E-state index contributed by atoms with van der Waals surface area (Å²) in [6.07, 6.45) is -0.319. The molecule has 0 aliphatic heterocycles. The number of aromatic nitrogens is 2. The molecule has 0 aliphatic rings. The number of hydrogen-bond donors (Lipinski definition) is 3. The first-order valence-corrected chi connectivity index (χ1v) is 6.05. The van der Waals surface area contributed by atoms with Gasteiger partial charge in [-0.1, -0.05) is 11.4 Å². The molecule has 1 rings (SSSR count). The average Bonchev–Trinajstić information content (AvgIpc) is 2.60. The summed E-state index contributed by atoms with van der Waals surface area (Å²) in [5.74, 6) is 5.99. The Kier molecular flexibility index (Phi) is 4.59. The minimum Gasteiger partial charge on any atom is -0.392 e. The maximum Gasteiger partial charge on any atom is 0.148 e. The predicted molar refractivity (Wildman–Crippen MR) is 60.2 cm³/mol. The van der Waals surface area contributed by atoms with E-state index in [2.05, 4.69) is 15.0 Å². The second-order valence-electron chi connectivity index (χ2n) is 2.95. The molecule has 0 bridgehead atoms. The van der Waals surface area contributed by atoms with Crippen LogP contribution in [0.2, 0.25) is 0 Å². The van der Waals surface area contributed by atoms with Gasteiger partial charge in [0.25, 0.3) is 0 Å². The molecule has 0 spiro atoms. The normalized spacial score (nSPS) is 15.1. The molecule has 2 unspecified atom stereocenters. The maximum atomic E-state index is 9.28. The molecule has 0 amide bonds. The van der Waals surface area contributed by atoms with Gasteiger partial charge < -0.3 is 10.5 Å². The molecular formula is C7H14N4OS2. The van der Waals surface area contributed by atoms with Crippen LogP contribution in [0.3, 0.4) is 0 Å². The summed E-state index contributed by atoms with van der Waals surface area (Å²) >= 11 is 2.87. The van der Waals surface area contributed by atoms with Crippen molar-refractivity contribution in [1.82, 2.24) is 9.59 Å². The van der Waals surface area contributed by atoms with Crippen LogP contribution in [0, 0.1) is 0 Å². The minimum atomic E-state index is -0.319. The Morgan fingerprint density at radius 3 is 2.93 bits per heavy atom. The topological polar surface area (TPSA) is 84.1 Å². The minimum absolute atomic E-state index is 0.183. The fourth-order valence-corrected chi connectivity index (χ4v) is 2.25. The van der Waals surface area contributed by atoms with Crippen molar-refractivity contribution in [3.63, 3.8) is 0 Å². The summed E-state index contributed by atoms with van der Waals surface area (Å²) < 4.78 is 3.79. The molecular weight excluding hydrogens is 220 g/mol. The largest absolute Gasteiger partial charge is 0.392 e. The zero-order valence-electron chi connectivity index (χ0n) is 8.10. The molecule has 5 nitrogen and oxygen atoms in total. The van der Waals surface area contributed by atoms with Gasteiger partial charge in [0.15, 0.2) is 0 Å². The second kappa shape index (κ2) is 5.50. The third kappa shape index (κ3) is 3.09. The summed E-state index contributed by atoms with van der Waals surface area (Å²) in [4.78, 5) is 0. The Hall–Kier alpha value is -0.370. The molecule has 0 fully saturated rings. The molecule has 80 valence electrons. The molecule has 0 radical (unpaired) electrons. The van der Waals surface area contributed by atoms with Crippen LogP contribution < -0.4 is 11.3 Å². The van der Waals surface area contributed by atoms with Gasteiger partial charge >= 0.3 is 0 Å². The lowest BCUT2D eigenvalue weighted by Crippen LogP contribution is -2.15. The molecule has 4 N–H and O–H groups in total. The monoisotopic (exact) mass is 234 g/mol. The van der Waals surface area contributed by atoms with Crippen LogP contribution in [-0.4, -0.2) is 26.0 Å². The molecule has 0 aliphatic carbocycles. The number of nitrogen functional groups attached to an aromatic ring is 1. The highest BCUT2D eigenvalue weighted by atomic mass is 32.2. The van der Waals surface area contributed by atoms with Gasteiger partial charge in [-0.3, -0.25) is 0 Å². The van der Waals surface area contributed by atoms with Crippen molar-refractivity contribution in [2.24, 2.45) is 5.84 Å². The van der Waals surface area contributed by atoms with E-state index in [0.717, 1.165) is 10.7 Å². The second-order valence-corrected chi connectivity index (χ2v) is 5.07. The van der Waals surface area contributed by atoms with Crippen LogP contribution in [0.5, 0.6) is 0 Å². The number of nitrogens with two attached hydrogens (primary N) is 1. The molecule has 0 aromatic carbocycles. The Morgan fingerprint density at radius 2 is 2.36 bits per heavy atom. The summed E-state index contributed by atoms with van der Waals surface area (Å²) in [6.45, 7) is 3.75. The summed E-state index contributed by atoms with van der Waals surface area (Å²) in [7, 11) is 0. The predicted octanol–water partition coefficient (Wildman–Crippen LogP) is 0.826. The number of hydrogen-bond acceptors (Lipinski definition) is 7. The first kappa shape index (κ1) is 11.7. The number of aliphatic hydroxyl groups is 1. The fraction of sp³-hybridized carbons (Fsp3) is 0.714. The molecule has 1 heterocycles. The maximum absolute atomic E-state index is 9.28. The quantitative estimate of drug-likeness (QED) is 0.517. The van der Waals surface area contributed by atoms with Crippen molar-refractivity contribution >= 4 is 28.3 Å². The van der Waals surface area contributed by atoms with E-state index in [1.807, 2.05) is 6.92 Å². The number of aliphatic hydroxyl groups excluding tert-OH is 1. The van der Waals surface area contributed by atoms with Crippen LogP contribution in [0.15, 0.2) is 0 Å². The average molecular weight is 234 g/mol. The van der Waals surface area contributed by atoms with Crippen molar-refractivity contribution in [2.45, 2.75) is 31.0 Å². The lowest BCUT2D eigenvalue weighted by atomic mass is 10.3. The first-order valence-electron chi connectivity index (χ1n) is 4.22. The van der Waals surface area contributed by atoms with Crippen molar-refractivity contribution in [1.29, 1.82) is 0 Å². The van der Waals surface area contributed by atoms with Crippen LogP contribution >= 0.6 is 23.3 Å². The van der Waals surface area contributed by atoms with Crippen molar-refractivity contribution in [3.05, 3.63) is 5.69 Å². The third-order valence-electron chi connectivity index (χ3n) is 1.85. The SMILES string of the molecule is CC(O)C(C)SCc1nnsc1NN. The van der Waals surface area contributed by atoms with Gasteiger partial charge in [-0.25, -0.2) is 5.84 Å². The zero-order valence-corrected chi connectivity index (χ0v) is 9.73. The van der Waals surface area contributed by atoms with Gasteiger partial charge in [-0.05, 0) is 6.92 Å². The first-order chi connectivity index (χ1) is 6.65. The van der Waals surface area contributed by atoms with Gasteiger partial charge in [0.1, 0.15) is 10.7 Å². The molecule has 2 atom stereocenters. The van der Waals surface area contributed by atoms with Crippen molar-refractivity contribution < 1.29 is 5.11 Å². The number of anilines is 1. The van der Waals surface area contributed by atoms with E-state index < -0.39 is 0 Å². The molecule has 0 saturated heterocycles. The highest BCUT2D eigenvalue weighted by molar-refractivity contribution is 7.99. The Morgan fingerprint density at radius 1 is 1.64 bits per heavy atom. The van der Waals surface area contributed by atoms with Crippen molar-refractivity contribution in [2.75, 3.05) is 5.43 Å². The van der Waals surface area contributed by atoms with Gasteiger partial charge in [0.05, 0.1) is 6.10 Å². The zero-order chi connectivity index (χ0) is 10.6. The number of thioether (sulfide) groups is 1. The molecule has 14 heavy (non-hydrogen) atoms. The van der Waals surface area contributed by atoms with Gasteiger partial charge in [-0.2, -0.15) is 0 Å². The van der Waals surface area contributed by atoms with E-state index in [1.165, 1.54) is 11.5 Å². The van der Waals surface area contributed by atoms with E-state index in [0.29, 0.717) is 5.75 Å². The van der Waals surface area contributed by atoms with Gasteiger partial charge in [0.2, 0.25) is 0 Å². The highest BCUT2D eigenvalue weighted by Gasteiger charge is 2.12. The van der Waals surface area contributed by atoms with Crippen molar-refractivity contribution in [3.8, 4) is 0 Å². The number of rotatable bonds is 5. The van der Waals surface area contributed by atoms with Crippen LogP contribution in [0.25, 0.3) is 0 Å². The van der Waals surface area contributed by atoms with E-state index in [1.54, 1.807) is 18.7 Å². The van der Waals surface area contributed by atoms with E-state index in [9.17, 15) is 5.11 Å². The summed E-state index contributed by atoms with van der Waals surface area (Å²) in [5.41, 5.74) is 3.39. The van der Waals surface area contributed by atoms with Crippen LogP contribution in [0.4, 0.5) is 5.00 Å². The molecule has 0 saturated carbocycles. The van der Waals surface area contributed by atoms with E-state index in [4.69, 9.17) is 5.84 Å². The molecule has 1 aromatic heterocycles. The lowest BCUT2D eigenvalue weighted by Gasteiger charge is -2.12. The number of nitrogens with one attached hydrogen (secondary N) is 1. The van der Waals surface area contributed by atoms with Gasteiger partial charge in [0, 0.05) is 22.5 Å². The number of hydrazine groups is 1. The summed E-state index contributed by atoms with van der Waals surface area (Å²) in [6, 6.07) is 0. The smallest absolute Gasteiger partial charge is 0.148 e. The third-order valence-corrected chi connectivity index (χ3v) is 3.91. The van der Waals surface area contributed by atoms with E-state index in [-0.39, 0.29) is 11.4 Å². The van der Waals surface area contributed by atoms with Crippen LogP contribution in [0.1, 0.15) is 19.5 Å². The standard InChI is InChI=1S/C7H14N4OS2/c1-4(12)5(2)13-3-6-7(9-8)14-11-10-6/h4-5,9,12H,3,8H2,1-2H3. The van der Waals surface area contributed by atoms with E-state index >= 15 is 0 Å². The number of nitrogens with zero attached hydrogens (tertiary/aromatic N) is 2.